The second-order valence-electron chi connectivity index (χ2n) is 3.40. The molecule has 1 aromatic carbocycles. The second kappa shape index (κ2) is 3.57. The van der Waals surface area contributed by atoms with E-state index in [9.17, 15) is 0 Å². The van der Waals surface area contributed by atoms with Crippen molar-refractivity contribution in [3.63, 3.8) is 0 Å². The van der Waals surface area contributed by atoms with Crippen molar-refractivity contribution in [1.82, 2.24) is 4.98 Å². The SMILES string of the molecule is C=COc1cc2sc(C)nc2c2sccc12. The third kappa shape index (κ3) is 1.34. The first-order chi connectivity index (χ1) is 7.79. The van der Waals surface area contributed by atoms with E-state index in [0.29, 0.717) is 0 Å². The lowest BCUT2D eigenvalue weighted by atomic mass is 10.2. The van der Waals surface area contributed by atoms with Crippen molar-refractivity contribution in [3.8, 4) is 5.75 Å². The number of aromatic nitrogens is 1. The molecular formula is C12H9NOS2. The van der Waals surface area contributed by atoms with Crippen molar-refractivity contribution in [2.45, 2.75) is 6.92 Å². The maximum atomic E-state index is 5.44. The molecule has 3 aromatic rings. The highest BCUT2D eigenvalue weighted by Crippen LogP contribution is 2.38. The van der Waals surface area contributed by atoms with Gasteiger partial charge in [-0.15, -0.1) is 22.7 Å². The fourth-order valence-electron chi connectivity index (χ4n) is 1.77. The summed E-state index contributed by atoms with van der Waals surface area (Å²) in [4.78, 5) is 4.56. The van der Waals surface area contributed by atoms with E-state index < -0.39 is 0 Å². The number of nitrogens with zero attached hydrogens (tertiary/aromatic N) is 1. The van der Waals surface area contributed by atoms with E-state index in [4.69, 9.17) is 4.74 Å². The Kier molecular flexibility index (Phi) is 2.19. The van der Waals surface area contributed by atoms with Gasteiger partial charge in [-0.3, -0.25) is 0 Å². The van der Waals surface area contributed by atoms with E-state index in [-0.39, 0.29) is 0 Å². The van der Waals surface area contributed by atoms with Crippen molar-refractivity contribution >= 4 is 43.0 Å². The van der Waals surface area contributed by atoms with Gasteiger partial charge < -0.3 is 4.74 Å². The molecule has 0 saturated heterocycles. The van der Waals surface area contributed by atoms with Crippen molar-refractivity contribution in [2.75, 3.05) is 0 Å². The van der Waals surface area contributed by atoms with Crippen molar-refractivity contribution in [2.24, 2.45) is 0 Å². The third-order valence-electron chi connectivity index (χ3n) is 2.38. The number of aryl methyl sites for hydroxylation is 1. The molecule has 0 amide bonds. The zero-order valence-corrected chi connectivity index (χ0v) is 10.3. The van der Waals surface area contributed by atoms with Crippen LogP contribution in [0.5, 0.6) is 5.75 Å². The Hall–Kier alpha value is -1.39. The molecule has 16 heavy (non-hydrogen) atoms. The lowest BCUT2D eigenvalue weighted by molar-refractivity contribution is 0.490. The summed E-state index contributed by atoms with van der Waals surface area (Å²) in [6.45, 7) is 5.63. The van der Waals surface area contributed by atoms with Gasteiger partial charge in [-0.25, -0.2) is 4.98 Å². The summed E-state index contributed by atoms with van der Waals surface area (Å²) in [6.07, 6.45) is 1.46. The highest BCUT2D eigenvalue weighted by molar-refractivity contribution is 7.21. The van der Waals surface area contributed by atoms with Gasteiger partial charge in [0.05, 0.1) is 26.2 Å². The number of hydrogen-bond acceptors (Lipinski definition) is 4. The Morgan fingerprint density at radius 3 is 3.19 bits per heavy atom. The topological polar surface area (TPSA) is 22.1 Å². The number of thiazole rings is 1. The van der Waals surface area contributed by atoms with Crippen LogP contribution >= 0.6 is 22.7 Å². The lowest BCUT2D eigenvalue weighted by Gasteiger charge is -2.01. The predicted molar refractivity (Wildman–Crippen MR) is 70.6 cm³/mol. The predicted octanol–water partition coefficient (Wildman–Crippen LogP) is 4.34. The lowest BCUT2D eigenvalue weighted by Crippen LogP contribution is -1.81. The van der Waals surface area contributed by atoms with Gasteiger partial charge in [0.2, 0.25) is 0 Å². The molecular weight excluding hydrogens is 238 g/mol. The zero-order valence-electron chi connectivity index (χ0n) is 8.69. The van der Waals surface area contributed by atoms with Gasteiger partial charge >= 0.3 is 0 Å². The summed E-state index contributed by atoms with van der Waals surface area (Å²) in [6, 6.07) is 4.10. The van der Waals surface area contributed by atoms with E-state index in [1.54, 1.807) is 22.7 Å². The van der Waals surface area contributed by atoms with Gasteiger partial charge in [-0.05, 0) is 18.4 Å². The minimum Gasteiger partial charge on any atom is -0.465 e. The summed E-state index contributed by atoms with van der Waals surface area (Å²) in [5.41, 5.74) is 1.09. The number of fused-ring (bicyclic) bond motifs is 3. The van der Waals surface area contributed by atoms with E-state index in [1.807, 2.05) is 13.0 Å². The molecule has 0 aliphatic carbocycles. The molecule has 3 rings (SSSR count). The van der Waals surface area contributed by atoms with Gasteiger partial charge in [0.15, 0.2) is 0 Å². The molecule has 0 spiro atoms. The summed E-state index contributed by atoms with van der Waals surface area (Å²) in [5.74, 6) is 0.863. The summed E-state index contributed by atoms with van der Waals surface area (Å²) < 4.78 is 7.81. The minimum atomic E-state index is 0.863. The fourth-order valence-corrected chi connectivity index (χ4v) is 3.61. The normalized spacial score (nSPS) is 11.1. The number of benzene rings is 1. The van der Waals surface area contributed by atoms with Crippen LogP contribution in [0.2, 0.25) is 0 Å². The van der Waals surface area contributed by atoms with Gasteiger partial charge in [-0.2, -0.15) is 0 Å². The molecule has 0 bridgehead atoms. The average Bonchev–Trinajstić information content (AvgIpc) is 2.82. The second-order valence-corrected chi connectivity index (χ2v) is 5.55. The van der Waals surface area contributed by atoms with Crippen molar-refractivity contribution in [1.29, 1.82) is 0 Å². The smallest absolute Gasteiger partial charge is 0.136 e. The summed E-state index contributed by atoms with van der Waals surface area (Å²) >= 11 is 3.39. The Balaban J connectivity index is 2.46. The number of ether oxygens (including phenoxy) is 1. The molecule has 0 radical (unpaired) electrons. The monoisotopic (exact) mass is 247 g/mol. The standard InChI is InChI=1S/C12H9NOS2/c1-3-14-9-6-10-11(13-7(2)16-10)12-8(9)4-5-15-12/h3-6H,1H2,2H3. The number of hydrogen-bond donors (Lipinski definition) is 0. The number of thiophene rings is 1. The molecule has 0 aliphatic rings. The molecule has 0 N–H and O–H groups in total. The first-order valence-electron chi connectivity index (χ1n) is 4.84. The molecule has 2 nitrogen and oxygen atoms in total. The summed E-state index contributed by atoms with van der Waals surface area (Å²) in [7, 11) is 0. The van der Waals surface area contributed by atoms with Gasteiger partial charge in [-0.1, -0.05) is 6.58 Å². The van der Waals surface area contributed by atoms with E-state index >= 15 is 0 Å². The zero-order chi connectivity index (χ0) is 11.1. The fraction of sp³-hybridized carbons (Fsp3) is 0.0833. The van der Waals surface area contributed by atoms with Crippen LogP contribution < -0.4 is 4.74 Å². The molecule has 0 unspecified atom stereocenters. The third-order valence-corrected chi connectivity index (χ3v) is 4.22. The van der Waals surface area contributed by atoms with Crippen molar-refractivity contribution < 1.29 is 4.74 Å². The molecule has 0 fully saturated rings. The Labute approximate surface area is 101 Å². The largest absolute Gasteiger partial charge is 0.465 e. The highest BCUT2D eigenvalue weighted by atomic mass is 32.1. The van der Waals surface area contributed by atoms with Crippen LogP contribution in [0.3, 0.4) is 0 Å². The first-order valence-corrected chi connectivity index (χ1v) is 6.54. The quantitative estimate of drug-likeness (QED) is 0.628. The first kappa shape index (κ1) is 9.81. The Morgan fingerprint density at radius 1 is 1.50 bits per heavy atom. The molecule has 2 aromatic heterocycles. The average molecular weight is 247 g/mol. The van der Waals surface area contributed by atoms with Crippen LogP contribution in [0.15, 0.2) is 30.4 Å². The Morgan fingerprint density at radius 2 is 2.38 bits per heavy atom. The summed E-state index contributed by atoms with van der Waals surface area (Å²) in [5, 5.41) is 4.26. The number of rotatable bonds is 2. The van der Waals surface area contributed by atoms with Crippen molar-refractivity contribution in [3.05, 3.63) is 35.4 Å². The highest BCUT2D eigenvalue weighted by Gasteiger charge is 2.11. The molecule has 0 saturated carbocycles. The van der Waals surface area contributed by atoms with Gasteiger partial charge in [0.25, 0.3) is 0 Å². The molecule has 2 heterocycles. The maximum absolute atomic E-state index is 5.44. The maximum Gasteiger partial charge on any atom is 0.136 e. The van der Waals surface area contributed by atoms with E-state index in [2.05, 4.69) is 23.0 Å². The van der Waals surface area contributed by atoms with Crippen LogP contribution in [-0.2, 0) is 0 Å². The minimum absolute atomic E-state index is 0.863. The molecule has 0 atom stereocenters. The van der Waals surface area contributed by atoms with Gasteiger partial charge in [0, 0.05) is 11.5 Å². The van der Waals surface area contributed by atoms with Gasteiger partial charge in [0.1, 0.15) is 5.75 Å². The van der Waals surface area contributed by atoms with E-state index in [0.717, 1.165) is 21.7 Å². The molecule has 4 heteroatoms. The van der Waals surface area contributed by atoms with Crippen LogP contribution in [-0.4, -0.2) is 4.98 Å². The molecule has 0 aliphatic heterocycles. The van der Waals surface area contributed by atoms with E-state index in [1.165, 1.54) is 15.7 Å². The Bertz CT molecular complexity index is 681. The van der Waals surface area contributed by atoms with Crippen LogP contribution in [0.25, 0.3) is 20.3 Å². The molecule has 80 valence electrons. The van der Waals surface area contributed by atoms with Crippen LogP contribution in [0.1, 0.15) is 5.01 Å². The van der Waals surface area contributed by atoms with Crippen LogP contribution in [0, 0.1) is 6.92 Å². The van der Waals surface area contributed by atoms with Crippen LogP contribution in [0.4, 0.5) is 0 Å².